The second-order valence-electron chi connectivity index (χ2n) is 7.66. The number of benzene rings is 1. The highest BCUT2D eigenvalue weighted by molar-refractivity contribution is 7.13. The van der Waals surface area contributed by atoms with Gasteiger partial charge in [-0.1, -0.05) is 20.8 Å². The fraction of sp³-hybridized carbons (Fsp3) is 0.474. The molecule has 4 nitrogen and oxygen atoms in total. The Balaban J connectivity index is 1.91. The fourth-order valence-electron chi connectivity index (χ4n) is 2.96. The Bertz CT molecular complexity index is 833. The number of rotatable bonds is 3. The number of aromatic nitrogens is 1. The molecule has 1 amide bonds. The van der Waals surface area contributed by atoms with Gasteiger partial charge in [-0.25, -0.2) is 4.98 Å². The summed E-state index contributed by atoms with van der Waals surface area (Å²) < 4.78 is 39.4. The van der Waals surface area contributed by atoms with Crippen molar-refractivity contribution >= 4 is 28.6 Å². The Morgan fingerprint density at radius 3 is 2.41 bits per heavy atom. The van der Waals surface area contributed by atoms with Crippen molar-refractivity contribution in [1.82, 2.24) is 4.98 Å². The van der Waals surface area contributed by atoms with Gasteiger partial charge in [0.2, 0.25) is 0 Å². The van der Waals surface area contributed by atoms with Gasteiger partial charge in [0.25, 0.3) is 5.91 Å². The van der Waals surface area contributed by atoms with Crippen molar-refractivity contribution in [3.63, 3.8) is 0 Å². The third-order valence-electron chi connectivity index (χ3n) is 4.39. The molecule has 0 bridgehead atoms. The molecule has 0 radical (unpaired) electrons. The van der Waals surface area contributed by atoms with E-state index in [0.717, 1.165) is 43.1 Å². The lowest BCUT2D eigenvalue weighted by Crippen LogP contribution is -2.21. The second-order valence-corrected chi connectivity index (χ2v) is 8.69. The standard InChI is InChI=1S/C19H22F3N3OS/c1-18(2,3)17-23-11-15(27-17)16(26)24-13-10-12(19(20,21)22)6-7-14(13)25-8-4-5-9-25/h6-7,10-11H,4-5,8-9H2,1-3H3,(H,24,26). The molecule has 2 heterocycles. The Morgan fingerprint density at radius 2 is 1.85 bits per heavy atom. The molecule has 1 aromatic heterocycles. The third-order valence-corrected chi connectivity index (χ3v) is 5.81. The first-order chi connectivity index (χ1) is 12.6. The summed E-state index contributed by atoms with van der Waals surface area (Å²) in [4.78, 5) is 19.3. The van der Waals surface area contributed by atoms with Gasteiger partial charge in [0.15, 0.2) is 0 Å². The summed E-state index contributed by atoms with van der Waals surface area (Å²) >= 11 is 1.26. The van der Waals surface area contributed by atoms with Crippen molar-refractivity contribution in [2.45, 2.75) is 45.2 Å². The highest BCUT2D eigenvalue weighted by atomic mass is 32.1. The molecule has 1 N–H and O–H groups in total. The monoisotopic (exact) mass is 397 g/mol. The quantitative estimate of drug-likeness (QED) is 0.763. The molecule has 3 rings (SSSR count). The molecule has 1 aliphatic heterocycles. The zero-order valence-electron chi connectivity index (χ0n) is 15.5. The van der Waals surface area contributed by atoms with Crippen LogP contribution in [0.25, 0.3) is 0 Å². The van der Waals surface area contributed by atoms with E-state index in [1.54, 1.807) is 0 Å². The van der Waals surface area contributed by atoms with Crippen molar-refractivity contribution in [1.29, 1.82) is 0 Å². The third kappa shape index (κ3) is 4.43. The van der Waals surface area contributed by atoms with E-state index in [1.807, 2.05) is 25.7 Å². The number of thiazole rings is 1. The summed E-state index contributed by atoms with van der Waals surface area (Å²) in [6.45, 7) is 7.51. The molecule has 0 atom stereocenters. The number of halogens is 3. The minimum absolute atomic E-state index is 0.183. The maximum atomic E-state index is 13.1. The van der Waals surface area contributed by atoms with Crippen molar-refractivity contribution in [2.24, 2.45) is 0 Å². The van der Waals surface area contributed by atoms with Crippen LogP contribution >= 0.6 is 11.3 Å². The number of alkyl halides is 3. The SMILES string of the molecule is CC(C)(C)c1ncc(C(=O)Nc2cc(C(F)(F)F)ccc2N2CCCC2)s1. The Hall–Kier alpha value is -2.09. The average Bonchev–Trinajstić information content (AvgIpc) is 3.25. The van der Waals surface area contributed by atoms with Gasteiger partial charge in [-0.15, -0.1) is 11.3 Å². The van der Waals surface area contributed by atoms with Gasteiger partial charge in [-0.3, -0.25) is 4.79 Å². The van der Waals surface area contributed by atoms with E-state index in [4.69, 9.17) is 0 Å². The van der Waals surface area contributed by atoms with Gasteiger partial charge in [0, 0.05) is 18.5 Å². The first-order valence-corrected chi connectivity index (χ1v) is 9.61. The van der Waals surface area contributed by atoms with Crippen molar-refractivity contribution in [3.05, 3.63) is 39.8 Å². The van der Waals surface area contributed by atoms with E-state index in [1.165, 1.54) is 23.6 Å². The molecule has 2 aromatic rings. The minimum Gasteiger partial charge on any atom is -0.370 e. The first-order valence-electron chi connectivity index (χ1n) is 8.79. The van der Waals surface area contributed by atoms with Crippen LogP contribution < -0.4 is 10.2 Å². The van der Waals surface area contributed by atoms with Crippen LogP contribution in [0.4, 0.5) is 24.5 Å². The number of nitrogens with one attached hydrogen (secondary N) is 1. The molecule has 8 heteroatoms. The van der Waals surface area contributed by atoms with Gasteiger partial charge in [-0.2, -0.15) is 13.2 Å². The van der Waals surface area contributed by atoms with E-state index in [0.29, 0.717) is 10.6 Å². The number of hydrogen-bond acceptors (Lipinski definition) is 4. The predicted molar refractivity (Wildman–Crippen MR) is 102 cm³/mol. The number of carbonyl (C=O) groups excluding carboxylic acids is 1. The predicted octanol–water partition coefficient (Wildman–Crippen LogP) is 5.31. The lowest BCUT2D eigenvalue weighted by Gasteiger charge is -2.22. The summed E-state index contributed by atoms with van der Waals surface area (Å²) in [7, 11) is 0. The molecule has 146 valence electrons. The van der Waals surface area contributed by atoms with Gasteiger partial charge >= 0.3 is 6.18 Å². The van der Waals surface area contributed by atoms with Crippen LogP contribution in [0.15, 0.2) is 24.4 Å². The van der Waals surface area contributed by atoms with Crippen LogP contribution in [0, 0.1) is 0 Å². The molecule has 27 heavy (non-hydrogen) atoms. The summed E-state index contributed by atoms with van der Waals surface area (Å²) in [5.41, 5.74) is -0.169. The number of nitrogens with zero attached hydrogens (tertiary/aromatic N) is 2. The molecule has 0 unspecified atom stereocenters. The van der Waals surface area contributed by atoms with Crippen molar-refractivity contribution < 1.29 is 18.0 Å². The topological polar surface area (TPSA) is 45.2 Å². The average molecular weight is 397 g/mol. The Labute approximate surface area is 160 Å². The normalized spacial score (nSPS) is 15.3. The minimum atomic E-state index is -4.47. The van der Waals surface area contributed by atoms with E-state index < -0.39 is 17.6 Å². The van der Waals surface area contributed by atoms with Gasteiger partial charge in [0.1, 0.15) is 4.88 Å². The van der Waals surface area contributed by atoms with E-state index >= 15 is 0 Å². The van der Waals surface area contributed by atoms with Crippen LogP contribution in [-0.2, 0) is 11.6 Å². The van der Waals surface area contributed by atoms with Crippen LogP contribution in [0.1, 0.15) is 53.9 Å². The number of carbonyl (C=O) groups is 1. The van der Waals surface area contributed by atoms with Gasteiger partial charge in [0.05, 0.1) is 28.1 Å². The zero-order valence-corrected chi connectivity index (χ0v) is 16.3. The molecule has 1 fully saturated rings. The van der Waals surface area contributed by atoms with Crippen LogP contribution in [0.3, 0.4) is 0 Å². The molecule has 0 aliphatic carbocycles. The lowest BCUT2D eigenvalue weighted by molar-refractivity contribution is -0.137. The first kappa shape index (κ1) is 19.7. The highest BCUT2D eigenvalue weighted by Crippen LogP contribution is 2.37. The second kappa shape index (κ2) is 7.14. The number of hydrogen-bond donors (Lipinski definition) is 1. The zero-order chi connectivity index (χ0) is 19.8. The molecule has 1 aliphatic rings. The fourth-order valence-corrected chi connectivity index (χ4v) is 3.83. The van der Waals surface area contributed by atoms with Crippen LogP contribution in [-0.4, -0.2) is 24.0 Å². The van der Waals surface area contributed by atoms with Gasteiger partial charge in [-0.05, 0) is 31.0 Å². The van der Waals surface area contributed by atoms with Crippen molar-refractivity contribution in [3.8, 4) is 0 Å². The molecule has 1 saturated heterocycles. The van der Waals surface area contributed by atoms with Crippen LogP contribution in [0.2, 0.25) is 0 Å². The lowest BCUT2D eigenvalue weighted by atomic mass is 9.98. The van der Waals surface area contributed by atoms with E-state index in [9.17, 15) is 18.0 Å². The Kier molecular flexibility index (Phi) is 5.20. The summed E-state index contributed by atoms with van der Waals surface area (Å²) in [6, 6.07) is 3.52. The van der Waals surface area contributed by atoms with Gasteiger partial charge < -0.3 is 10.2 Å². The van der Waals surface area contributed by atoms with E-state index in [-0.39, 0.29) is 11.1 Å². The number of amides is 1. The largest absolute Gasteiger partial charge is 0.416 e. The summed E-state index contributed by atoms with van der Waals surface area (Å²) in [6.07, 6.45) is -1.02. The molecule has 1 aromatic carbocycles. The highest BCUT2D eigenvalue weighted by Gasteiger charge is 2.32. The summed E-state index contributed by atoms with van der Waals surface area (Å²) in [5, 5.41) is 3.47. The smallest absolute Gasteiger partial charge is 0.370 e. The molecular formula is C19H22F3N3OS. The molecule has 0 saturated carbocycles. The molecule has 0 spiro atoms. The molecular weight excluding hydrogens is 375 g/mol. The Morgan fingerprint density at radius 1 is 1.19 bits per heavy atom. The van der Waals surface area contributed by atoms with Crippen LogP contribution in [0.5, 0.6) is 0 Å². The maximum Gasteiger partial charge on any atom is 0.416 e. The number of anilines is 2. The van der Waals surface area contributed by atoms with E-state index in [2.05, 4.69) is 10.3 Å². The van der Waals surface area contributed by atoms with Crippen molar-refractivity contribution in [2.75, 3.05) is 23.3 Å². The summed E-state index contributed by atoms with van der Waals surface area (Å²) in [5.74, 6) is -0.442. The maximum absolute atomic E-state index is 13.1.